The zero-order valence-corrected chi connectivity index (χ0v) is 18.2. The summed E-state index contributed by atoms with van der Waals surface area (Å²) in [5.74, 6) is -0.641. The number of cyclic esters (lactones) is 2. The molecule has 1 aromatic carbocycles. The van der Waals surface area contributed by atoms with Crippen molar-refractivity contribution in [3.05, 3.63) is 35.9 Å². The molecule has 1 aromatic rings. The van der Waals surface area contributed by atoms with E-state index in [9.17, 15) is 9.59 Å². The first-order chi connectivity index (χ1) is 12.4. The lowest BCUT2D eigenvalue weighted by molar-refractivity contribution is -0.155. The van der Waals surface area contributed by atoms with E-state index in [0.29, 0.717) is 5.92 Å². The molecule has 0 spiro atoms. The van der Waals surface area contributed by atoms with Gasteiger partial charge in [0.25, 0.3) is 0 Å². The predicted molar refractivity (Wildman–Crippen MR) is 109 cm³/mol. The standard InChI is InChI=1S/C24H36O3/c1-15(2)14-18(17-12-10-9-11-13-17)24(7,8)20-19(21(25)27-22(20)26)23(5,6)16(3)4/h9-13,15-16,18-20H,14H2,1-8H3. The van der Waals surface area contributed by atoms with Crippen LogP contribution >= 0.6 is 0 Å². The van der Waals surface area contributed by atoms with Crippen LogP contribution in [0.15, 0.2) is 30.3 Å². The van der Waals surface area contributed by atoms with Crippen molar-refractivity contribution >= 4 is 11.9 Å². The van der Waals surface area contributed by atoms with Crippen LogP contribution in [0.25, 0.3) is 0 Å². The van der Waals surface area contributed by atoms with Gasteiger partial charge in [-0.3, -0.25) is 9.59 Å². The van der Waals surface area contributed by atoms with Gasteiger partial charge in [0.05, 0.1) is 11.8 Å². The van der Waals surface area contributed by atoms with Crippen LogP contribution < -0.4 is 0 Å². The third-order valence-electron chi connectivity index (χ3n) is 6.94. The van der Waals surface area contributed by atoms with Crippen molar-refractivity contribution in [2.45, 2.75) is 67.7 Å². The second-order valence-electron chi connectivity index (χ2n) is 10.1. The van der Waals surface area contributed by atoms with Crippen LogP contribution in [-0.2, 0) is 14.3 Å². The van der Waals surface area contributed by atoms with Gasteiger partial charge in [-0.15, -0.1) is 0 Å². The Balaban J connectivity index is 2.54. The fourth-order valence-electron chi connectivity index (χ4n) is 4.57. The van der Waals surface area contributed by atoms with E-state index in [4.69, 9.17) is 4.74 Å². The SMILES string of the molecule is CC(C)CC(c1ccccc1)C(C)(C)C1C(=O)OC(=O)C1C(C)(C)C(C)C. The summed E-state index contributed by atoms with van der Waals surface area (Å²) in [6.45, 7) is 17.1. The summed E-state index contributed by atoms with van der Waals surface area (Å²) < 4.78 is 5.22. The maximum absolute atomic E-state index is 12.9. The minimum absolute atomic E-state index is 0.174. The molecule has 0 saturated carbocycles. The molecule has 3 unspecified atom stereocenters. The molecule has 0 aromatic heterocycles. The molecular formula is C24H36O3. The summed E-state index contributed by atoms with van der Waals surface area (Å²) in [5, 5.41) is 0. The molecule has 0 amide bonds. The molecule has 2 rings (SSSR count). The van der Waals surface area contributed by atoms with Crippen molar-refractivity contribution in [2.24, 2.45) is 34.5 Å². The number of rotatable bonds is 7. The lowest BCUT2D eigenvalue weighted by atomic mass is 9.56. The first kappa shape index (κ1) is 21.7. The minimum Gasteiger partial charge on any atom is -0.393 e. The number of ether oxygens (including phenoxy) is 1. The highest BCUT2D eigenvalue weighted by molar-refractivity contribution is 5.97. The normalized spacial score (nSPS) is 22.4. The summed E-state index contributed by atoms with van der Waals surface area (Å²) in [6.07, 6.45) is 0.962. The molecule has 1 saturated heterocycles. The van der Waals surface area contributed by atoms with Crippen molar-refractivity contribution < 1.29 is 14.3 Å². The molecule has 27 heavy (non-hydrogen) atoms. The van der Waals surface area contributed by atoms with Crippen molar-refractivity contribution in [1.82, 2.24) is 0 Å². The van der Waals surface area contributed by atoms with Crippen molar-refractivity contribution in [2.75, 3.05) is 0 Å². The second-order valence-corrected chi connectivity index (χ2v) is 10.1. The molecule has 1 aliphatic rings. The van der Waals surface area contributed by atoms with Crippen molar-refractivity contribution in [1.29, 1.82) is 0 Å². The molecule has 3 atom stereocenters. The number of esters is 2. The Labute approximate surface area is 164 Å². The van der Waals surface area contributed by atoms with Gasteiger partial charge in [-0.25, -0.2) is 0 Å². The minimum atomic E-state index is -0.439. The quantitative estimate of drug-likeness (QED) is 0.446. The summed E-state index contributed by atoms with van der Waals surface area (Å²) in [7, 11) is 0. The molecule has 0 N–H and O–H groups in total. The topological polar surface area (TPSA) is 43.4 Å². The fourth-order valence-corrected chi connectivity index (χ4v) is 4.57. The monoisotopic (exact) mass is 372 g/mol. The van der Waals surface area contributed by atoms with Crippen LogP contribution in [-0.4, -0.2) is 11.9 Å². The largest absolute Gasteiger partial charge is 0.393 e. The van der Waals surface area contributed by atoms with Crippen molar-refractivity contribution in [3.8, 4) is 0 Å². The van der Waals surface area contributed by atoms with Gasteiger partial charge < -0.3 is 4.74 Å². The van der Waals surface area contributed by atoms with Gasteiger partial charge in [-0.2, -0.15) is 0 Å². The Kier molecular flexibility index (Phi) is 6.23. The Morgan fingerprint density at radius 2 is 1.33 bits per heavy atom. The molecule has 3 nitrogen and oxygen atoms in total. The van der Waals surface area contributed by atoms with E-state index in [0.717, 1.165) is 6.42 Å². The highest BCUT2D eigenvalue weighted by atomic mass is 16.6. The second kappa shape index (κ2) is 7.77. The molecule has 150 valence electrons. The van der Waals surface area contributed by atoms with Crippen LogP contribution in [0.5, 0.6) is 0 Å². The molecule has 1 fully saturated rings. The Morgan fingerprint density at radius 3 is 1.78 bits per heavy atom. The van der Waals surface area contributed by atoms with Gasteiger partial charge in [0.15, 0.2) is 0 Å². The van der Waals surface area contributed by atoms with E-state index in [2.05, 4.69) is 67.5 Å². The number of hydrogen-bond acceptors (Lipinski definition) is 3. The van der Waals surface area contributed by atoms with Gasteiger partial charge in [0.2, 0.25) is 0 Å². The first-order valence-corrected chi connectivity index (χ1v) is 10.2. The molecule has 3 heteroatoms. The zero-order valence-electron chi connectivity index (χ0n) is 18.2. The molecule has 1 aliphatic heterocycles. The Bertz CT molecular complexity index is 670. The van der Waals surface area contributed by atoms with E-state index in [1.807, 2.05) is 18.2 Å². The number of carbonyl (C=O) groups is 2. The van der Waals surface area contributed by atoms with Gasteiger partial charge in [-0.05, 0) is 40.6 Å². The van der Waals surface area contributed by atoms with Crippen LogP contribution in [0.1, 0.15) is 73.3 Å². The zero-order chi connectivity index (χ0) is 20.6. The summed E-state index contributed by atoms with van der Waals surface area (Å²) in [4.78, 5) is 25.6. The lowest BCUT2D eigenvalue weighted by Gasteiger charge is -2.45. The number of hydrogen-bond donors (Lipinski definition) is 0. The average Bonchev–Trinajstić information content (AvgIpc) is 2.88. The van der Waals surface area contributed by atoms with Crippen molar-refractivity contribution in [3.63, 3.8) is 0 Å². The van der Waals surface area contributed by atoms with Gasteiger partial charge in [0, 0.05) is 0 Å². The summed E-state index contributed by atoms with van der Waals surface area (Å²) >= 11 is 0. The van der Waals surface area contributed by atoms with Gasteiger partial charge >= 0.3 is 11.9 Å². The van der Waals surface area contributed by atoms with Crippen LogP contribution in [0.2, 0.25) is 0 Å². The van der Waals surface area contributed by atoms with E-state index in [1.165, 1.54) is 5.56 Å². The first-order valence-electron chi connectivity index (χ1n) is 10.2. The van der Waals surface area contributed by atoms with E-state index >= 15 is 0 Å². The van der Waals surface area contributed by atoms with E-state index < -0.39 is 17.3 Å². The summed E-state index contributed by atoms with van der Waals surface area (Å²) in [6, 6.07) is 10.4. The van der Waals surface area contributed by atoms with Gasteiger partial charge in [-0.1, -0.05) is 85.7 Å². The van der Waals surface area contributed by atoms with E-state index in [-0.39, 0.29) is 29.2 Å². The van der Waals surface area contributed by atoms with Crippen LogP contribution in [0, 0.1) is 34.5 Å². The molecule has 0 bridgehead atoms. The van der Waals surface area contributed by atoms with Gasteiger partial charge in [0.1, 0.15) is 0 Å². The Morgan fingerprint density at radius 1 is 0.852 bits per heavy atom. The van der Waals surface area contributed by atoms with Crippen LogP contribution in [0.4, 0.5) is 0 Å². The molecule has 1 heterocycles. The maximum atomic E-state index is 12.9. The predicted octanol–water partition coefficient (Wildman–Crippen LogP) is 5.84. The molecule has 0 aliphatic carbocycles. The van der Waals surface area contributed by atoms with E-state index in [1.54, 1.807) is 0 Å². The number of benzene rings is 1. The third-order valence-corrected chi connectivity index (χ3v) is 6.94. The molecular weight excluding hydrogens is 336 g/mol. The average molecular weight is 373 g/mol. The van der Waals surface area contributed by atoms with Crippen LogP contribution in [0.3, 0.4) is 0 Å². The highest BCUT2D eigenvalue weighted by Crippen LogP contribution is 2.55. The smallest absolute Gasteiger partial charge is 0.318 e. The maximum Gasteiger partial charge on any atom is 0.318 e. The summed E-state index contributed by atoms with van der Waals surface area (Å²) in [5.41, 5.74) is 0.514. The Hall–Kier alpha value is -1.64. The number of carbonyl (C=O) groups excluding carboxylic acids is 2. The molecule has 0 radical (unpaired) electrons. The fraction of sp³-hybridized carbons (Fsp3) is 0.667. The third kappa shape index (κ3) is 4.12. The highest BCUT2D eigenvalue weighted by Gasteiger charge is 2.59. The lowest BCUT2D eigenvalue weighted by Crippen LogP contribution is -2.45.